The zero-order chi connectivity index (χ0) is 21.1. The smallest absolute Gasteiger partial charge is 0.295 e. The number of carbonyl (C=O) groups excluding carboxylic acids is 2. The normalized spacial score (nSPS) is 18.2. The van der Waals surface area contributed by atoms with Crippen LogP contribution in [-0.4, -0.2) is 34.8 Å². The lowest BCUT2D eigenvalue weighted by atomic mass is 9.95. The fourth-order valence-corrected chi connectivity index (χ4v) is 3.70. The molecule has 1 atom stereocenters. The van der Waals surface area contributed by atoms with E-state index in [4.69, 9.17) is 16.3 Å². The average molecular weight is 412 g/mol. The number of nitrogens with zero attached hydrogens (tertiary/aromatic N) is 1. The number of Topliss-reactive ketones (excluding diaryl/α,β-unsaturated/α-hetero) is 1. The van der Waals surface area contributed by atoms with Crippen LogP contribution in [0.25, 0.3) is 5.76 Å². The van der Waals surface area contributed by atoms with Crippen molar-refractivity contribution >= 4 is 29.1 Å². The molecule has 0 spiro atoms. The topological polar surface area (TPSA) is 66.8 Å². The van der Waals surface area contributed by atoms with Gasteiger partial charge in [0, 0.05) is 17.1 Å². The van der Waals surface area contributed by atoms with Crippen LogP contribution in [0.2, 0.25) is 5.02 Å². The number of carbonyl (C=O) groups is 2. The Bertz CT molecular complexity index is 1010. The first-order chi connectivity index (χ1) is 13.9. The minimum atomic E-state index is -0.751. The summed E-state index contributed by atoms with van der Waals surface area (Å²) < 4.78 is 5.53. The van der Waals surface area contributed by atoms with E-state index < -0.39 is 17.7 Å². The summed E-state index contributed by atoms with van der Waals surface area (Å²) in [6.45, 7) is 8.10. The number of aryl methyl sites for hydroxylation is 1. The Kier molecular flexibility index (Phi) is 6.09. The lowest BCUT2D eigenvalue weighted by Gasteiger charge is -2.24. The van der Waals surface area contributed by atoms with E-state index in [1.165, 1.54) is 4.90 Å². The molecule has 1 amide bonds. The minimum absolute atomic E-state index is 0.0303. The fraction of sp³-hybridized carbons (Fsp3) is 0.217. The van der Waals surface area contributed by atoms with Crippen molar-refractivity contribution in [1.82, 2.24) is 4.90 Å². The average Bonchev–Trinajstić information content (AvgIpc) is 2.94. The van der Waals surface area contributed by atoms with Gasteiger partial charge in [-0.1, -0.05) is 29.8 Å². The van der Waals surface area contributed by atoms with Crippen molar-refractivity contribution in [3.8, 4) is 5.75 Å². The molecule has 1 heterocycles. The summed E-state index contributed by atoms with van der Waals surface area (Å²) in [5, 5.41) is 11.5. The molecule has 0 saturated carbocycles. The minimum Gasteiger partial charge on any atom is -0.507 e. The first-order valence-electron chi connectivity index (χ1n) is 9.27. The van der Waals surface area contributed by atoms with Crippen LogP contribution in [0.3, 0.4) is 0 Å². The van der Waals surface area contributed by atoms with Crippen molar-refractivity contribution in [2.75, 3.05) is 13.2 Å². The van der Waals surface area contributed by atoms with E-state index in [0.717, 1.165) is 5.56 Å². The number of benzene rings is 2. The molecule has 0 radical (unpaired) electrons. The number of rotatable bonds is 6. The number of hydrogen-bond donors (Lipinski definition) is 1. The summed E-state index contributed by atoms with van der Waals surface area (Å²) in [5.41, 5.74) is 1.93. The number of likely N-dealkylation sites (tertiary alicyclic amines) is 1. The standard InChI is InChI=1S/C23H22ClNO4/c1-4-11-25-20(15-7-6-8-17(24)13-15)19(22(27)23(25)28)21(26)16-9-10-18(29-5-2)14(3)12-16/h4,6-10,12-13,20,26H,1,5,11H2,2-3H3/b21-19+. The third-order valence-electron chi connectivity index (χ3n) is 4.78. The summed E-state index contributed by atoms with van der Waals surface area (Å²) in [5.74, 6) is -0.950. The van der Waals surface area contributed by atoms with Gasteiger partial charge in [0.2, 0.25) is 0 Å². The highest BCUT2D eigenvalue weighted by Gasteiger charge is 2.45. The van der Waals surface area contributed by atoms with E-state index >= 15 is 0 Å². The molecule has 3 rings (SSSR count). The van der Waals surface area contributed by atoms with Gasteiger partial charge in [0.25, 0.3) is 11.7 Å². The third-order valence-corrected chi connectivity index (χ3v) is 5.01. The zero-order valence-corrected chi connectivity index (χ0v) is 17.1. The predicted molar refractivity (Wildman–Crippen MR) is 113 cm³/mol. The summed E-state index contributed by atoms with van der Waals surface area (Å²) in [7, 11) is 0. The van der Waals surface area contributed by atoms with Gasteiger partial charge < -0.3 is 14.7 Å². The van der Waals surface area contributed by atoms with Crippen LogP contribution in [0, 0.1) is 6.92 Å². The second-order valence-electron chi connectivity index (χ2n) is 6.71. The number of ketones is 1. The van der Waals surface area contributed by atoms with Crippen molar-refractivity contribution < 1.29 is 19.4 Å². The monoisotopic (exact) mass is 411 g/mol. The van der Waals surface area contributed by atoms with Gasteiger partial charge in [-0.3, -0.25) is 9.59 Å². The van der Waals surface area contributed by atoms with Crippen LogP contribution >= 0.6 is 11.6 Å². The van der Waals surface area contributed by atoms with E-state index in [0.29, 0.717) is 28.5 Å². The van der Waals surface area contributed by atoms with E-state index in [1.807, 2.05) is 13.8 Å². The Labute approximate surface area is 174 Å². The molecule has 2 aromatic rings. The Morgan fingerprint density at radius 3 is 2.66 bits per heavy atom. The molecule has 1 saturated heterocycles. The predicted octanol–water partition coefficient (Wildman–Crippen LogP) is 4.65. The highest BCUT2D eigenvalue weighted by atomic mass is 35.5. The van der Waals surface area contributed by atoms with Crippen LogP contribution in [0.1, 0.15) is 29.7 Å². The van der Waals surface area contributed by atoms with Crippen LogP contribution in [0.4, 0.5) is 0 Å². The molecular weight excluding hydrogens is 390 g/mol. The highest BCUT2D eigenvalue weighted by molar-refractivity contribution is 6.46. The Morgan fingerprint density at radius 1 is 1.28 bits per heavy atom. The quantitative estimate of drug-likeness (QED) is 0.325. The molecule has 0 aromatic heterocycles. The summed E-state index contributed by atoms with van der Waals surface area (Å²) in [6.07, 6.45) is 1.55. The molecule has 1 fully saturated rings. The van der Waals surface area contributed by atoms with Crippen LogP contribution in [0.15, 0.2) is 60.7 Å². The number of halogens is 1. The van der Waals surface area contributed by atoms with Crippen molar-refractivity contribution in [1.29, 1.82) is 0 Å². The highest BCUT2D eigenvalue weighted by Crippen LogP contribution is 2.40. The second-order valence-corrected chi connectivity index (χ2v) is 7.14. The van der Waals surface area contributed by atoms with Crippen LogP contribution in [-0.2, 0) is 9.59 Å². The zero-order valence-electron chi connectivity index (χ0n) is 16.3. The molecular formula is C23H22ClNO4. The number of hydrogen-bond acceptors (Lipinski definition) is 4. The molecule has 6 heteroatoms. The van der Waals surface area contributed by atoms with Gasteiger partial charge in [0.05, 0.1) is 18.2 Å². The Balaban J connectivity index is 2.17. The molecule has 150 valence electrons. The number of aliphatic hydroxyl groups is 1. The first-order valence-corrected chi connectivity index (χ1v) is 9.65. The fourth-order valence-electron chi connectivity index (χ4n) is 3.50. The van der Waals surface area contributed by atoms with Crippen molar-refractivity contribution in [3.05, 3.63) is 82.4 Å². The van der Waals surface area contributed by atoms with Gasteiger partial charge in [0.1, 0.15) is 11.5 Å². The van der Waals surface area contributed by atoms with Gasteiger partial charge >= 0.3 is 0 Å². The maximum Gasteiger partial charge on any atom is 0.295 e. The number of ether oxygens (including phenoxy) is 1. The maximum atomic E-state index is 12.8. The second kappa shape index (κ2) is 8.53. The van der Waals surface area contributed by atoms with Crippen molar-refractivity contribution in [2.24, 2.45) is 0 Å². The van der Waals surface area contributed by atoms with Crippen LogP contribution in [0.5, 0.6) is 5.75 Å². The van der Waals surface area contributed by atoms with E-state index in [-0.39, 0.29) is 17.9 Å². The first kappa shape index (κ1) is 20.7. The van der Waals surface area contributed by atoms with E-state index in [2.05, 4.69) is 6.58 Å². The van der Waals surface area contributed by atoms with Crippen molar-refractivity contribution in [3.63, 3.8) is 0 Å². The Morgan fingerprint density at radius 2 is 2.03 bits per heavy atom. The molecule has 1 unspecified atom stereocenters. The number of amides is 1. The molecule has 1 N–H and O–H groups in total. The molecule has 29 heavy (non-hydrogen) atoms. The van der Waals surface area contributed by atoms with E-state index in [1.54, 1.807) is 48.5 Å². The van der Waals surface area contributed by atoms with E-state index in [9.17, 15) is 14.7 Å². The molecule has 0 aliphatic carbocycles. The lowest BCUT2D eigenvalue weighted by molar-refractivity contribution is -0.139. The van der Waals surface area contributed by atoms with Gasteiger partial charge in [-0.25, -0.2) is 0 Å². The molecule has 1 aliphatic heterocycles. The summed E-state index contributed by atoms with van der Waals surface area (Å²) in [6, 6.07) is 11.3. The molecule has 5 nitrogen and oxygen atoms in total. The third kappa shape index (κ3) is 3.91. The largest absolute Gasteiger partial charge is 0.507 e. The molecule has 0 bridgehead atoms. The molecule has 1 aliphatic rings. The lowest BCUT2D eigenvalue weighted by Crippen LogP contribution is -2.29. The maximum absolute atomic E-state index is 12.8. The summed E-state index contributed by atoms with van der Waals surface area (Å²) in [4.78, 5) is 26.9. The van der Waals surface area contributed by atoms with Gasteiger partial charge in [0.15, 0.2) is 0 Å². The molecule has 2 aromatic carbocycles. The Hall–Kier alpha value is -3.05. The number of aliphatic hydroxyl groups excluding tert-OH is 1. The van der Waals surface area contributed by atoms with Gasteiger partial charge in [-0.15, -0.1) is 6.58 Å². The summed E-state index contributed by atoms with van der Waals surface area (Å²) >= 11 is 6.13. The SMILES string of the molecule is C=CCN1C(=O)C(=O)/C(=C(/O)c2ccc(OCC)c(C)c2)C1c1cccc(Cl)c1. The van der Waals surface area contributed by atoms with Crippen molar-refractivity contribution in [2.45, 2.75) is 19.9 Å². The van der Waals surface area contributed by atoms with Crippen LogP contribution < -0.4 is 4.74 Å². The van der Waals surface area contributed by atoms with Gasteiger partial charge in [-0.2, -0.15) is 0 Å². The van der Waals surface area contributed by atoms with Gasteiger partial charge in [-0.05, 0) is 55.3 Å².